The Morgan fingerprint density at radius 3 is 2.64 bits per heavy atom. The highest BCUT2D eigenvalue weighted by molar-refractivity contribution is 5.98. The molecule has 1 N–H and O–H groups in total. The topological polar surface area (TPSA) is 71.1 Å². The average molecular weight is 504 g/mol. The van der Waals surface area contributed by atoms with Crippen LogP contribution in [0.4, 0.5) is 8.78 Å². The van der Waals surface area contributed by atoms with Crippen LogP contribution in [0.3, 0.4) is 0 Å². The summed E-state index contributed by atoms with van der Waals surface area (Å²) in [5.74, 6) is 1.13. The van der Waals surface area contributed by atoms with Gasteiger partial charge in [-0.1, -0.05) is 0 Å². The lowest BCUT2D eigenvalue weighted by molar-refractivity contribution is -0.153. The van der Waals surface area contributed by atoms with E-state index in [-0.39, 0.29) is 29.0 Å². The third kappa shape index (κ3) is 4.66. The molecule has 1 unspecified atom stereocenters. The van der Waals surface area contributed by atoms with Crippen molar-refractivity contribution in [1.82, 2.24) is 15.1 Å². The minimum atomic E-state index is -2.98. The van der Waals surface area contributed by atoms with Crippen molar-refractivity contribution in [2.45, 2.75) is 76.1 Å². The lowest BCUT2D eigenvalue weighted by Gasteiger charge is -2.59. The average Bonchev–Trinajstić information content (AvgIpc) is 3.70. The fraction of sp³-hybridized carbons (Fsp3) is 0.704. The third-order valence-corrected chi connectivity index (χ3v) is 8.90. The number of nitrogens with zero attached hydrogens (tertiary/aromatic N) is 2. The molecule has 4 aliphatic heterocycles. The smallest absolute Gasteiger partial charge is 0.387 e. The summed E-state index contributed by atoms with van der Waals surface area (Å²) < 4.78 is 36.0. The van der Waals surface area contributed by atoms with Crippen LogP contribution in [0.2, 0.25) is 0 Å². The highest BCUT2D eigenvalue weighted by atomic mass is 19.3. The van der Waals surface area contributed by atoms with Gasteiger partial charge in [0.25, 0.3) is 5.91 Å². The third-order valence-electron chi connectivity index (χ3n) is 8.90. The Balaban J connectivity index is 1.14. The van der Waals surface area contributed by atoms with Crippen molar-refractivity contribution in [3.8, 4) is 11.5 Å². The van der Waals surface area contributed by atoms with Gasteiger partial charge in [-0.05, 0) is 100 Å². The first-order chi connectivity index (χ1) is 17.5. The molecule has 1 saturated carbocycles. The largest absolute Gasteiger partial charge is 0.489 e. The van der Waals surface area contributed by atoms with Gasteiger partial charge < -0.3 is 19.7 Å². The molecule has 5 aliphatic rings. The zero-order valence-corrected chi connectivity index (χ0v) is 20.5. The van der Waals surface area contributed by atoms with Gasteiger partial charge in [-0.2, -0.15) is 8.78 Å². The Morgan fingerprint density at radius 2 is 1.86 bits per heavy atom. The Hall–Kier alpha value is -2.42. The van der Waals surface area contributed by atoms with Crippen molar-refractivity contribution in [1.29, 1.82) is 0 Å². The number of piperidine rings is 4. The Kier molecular flexibility index (Phi) is 6.52. The molecule has 0 spiro atoms. The molecule has 9 heteroatoms. The number of benzene rings is 1. The number of fused-ring (bicyclic) bond motifs is 2. The maximum absolute atomic E-state index is 13.6. The van der Waals surface area contributed by atoms with Crippen molar-refractivity contribution in [2.75, 3.05) is 26.2 Å². The maximum Gasteiger partial charge on any atom is 0.387 e. The first-order valence-corrected chi connectivity index (χ1v) is 13.5. The van der Waals surface area contributed by atoms with Crippen LogP contribution in [0.15, 0.2) is 18.2 Å². The molecular formula is C27H35F2N3O4. The summed E-state index contributed by atoms with van der Waals surface area (Å²) >= 11 is 0. The minimum Gasteiger partial charge on any atom is -0.489 e. The normalized spacial score (nSPS) is 32.0. The van der Waals surface area contributed by atoms with Gasteiger partial charge in [-0.25, -0.2) is 0 Å². The van der Waals surface area contributed by atoms with Gasteiger partial charge in [0.1, 0.15) is 6.04 Å². The monoisotopic (exact) mass is 503 g/mol. The number of hydrogen-bond acceptors (Lipinski definition) is 5. The molecule has 6 rings (SSSR count). The van der Waals surface area contributed by atoms with Crippen LogP contribution < -0.4 is 14.8 Å². The number of alkyl halides is 2. The van der Waals surface area contributed by atoms with Crippen molar-refractivity contribution in [3.63, 3.8) is 0 Å². The predicted octanol–water partition coefficient (Wildman–Crippen LogP) is 3.67. The SMILES string of the molecule is O=C(NC1CC[C@@H]2[C@H]3CCCN4CCC[C@@H](CN2C1=O)[C@@H]34)c1ccc(OC(F)F)c(OCC2CC2)c1. The van der Waals surface area contributed by atoms with Crippen LogP contribution >= 0.6 is 0 Å². The van der Waals surface area contributed by atoms with Gasteiger partial charge in [-0.3, -0.25) is 14.5 Å². The summed E-state index contributed by atoms with van der Waals surface area (Å²) in [5.41, 5.74) is 0.270. The summed E-state index contributed by atoms with van der Waals surface area (Å²) in [5, 5.41) is 2.93. The van der Waals surface area contributed by atoms with E-state index in [0.717, 1.165) is 25.8 Å². The molecular weight excluding hydrogens is 468 g/mol. The highest BCUT2D eigenvalue weighted by Crippen LogP contribution is 2.45. The number of amides is 2. The second kappa shape index (κ2) is 9.80. The summed E-state index contributed by atoms with van der Waals surface area (Å²) in [6.45, 7) is 0.579. The van der Waals surface area contributed by atoms with Gasteiger partial charge in [0.2, 0.25) is 5.91 Å². The number of nitrogens with one attached hydrogen (secondary N) is 1. The zero-order chi connectivity index (χ0) is 24.8. The van der Waals surface area contributed by atoms with Crippen LogP contribution in [-0.2, 0) is 4.79 Å². The van der Waals surface area contributed by atoms with E-state index in [9.17, 15) is 18.4 Å². The number of hydrogen-bond donors (Lipinski definition) is 1. The number of carbonyl (C=O) groups excluding carboxylic acids is 2. The molecule has 196 valence electrons. The fourth-order valence-corrected chi connectivity index (χ4v) is 7.10. The minimum absolute atomic E-state index is 0.0172. The van der Waals surface area contributed by atoms with E-state index in [1.54, 1.807) is 0 Å². The summed E-state index contributed by atoms with van der Waals surface area (Å²) in [7, 11) is 0. The zero-order valence-electron chi connectivity index (χ0n) is 20.5. The number of rotatable bonds is 7. The molecule has 1 aliphatic carbocycles. The van der Waals surface area contributed by atoms with Crippen molar-refractivity contribution >= 4 is 11.8 Å². The van der Waals surface area contributed by atoms with Crippen molar-refractivity contribution < 1.29 is 27.8 Å². The molecule has 0 radical (unpaired) electrons. The fourth-order valence-electron chi connectivity index (χ4n) is 7.10. The summed E-state index contributed by atoms with van der Waals surface area (Å²) in [4.78, 5) is 31.4. The first kappa shape index (κ1) is 23.9. The van der Waals surface area contributed by atoms with Gasteiger partial charge in [-0.15, -0.1) is 0 Å². The van der Waals surface area contributed by atoms with E-state index in [4.69, 9.17) is 4.74 Å². The van der Waals surface area contributed by atoms with E-state index in [1.165, 1.54) is 57.0 Å². The Morgan fingerprint density at radius 1 is 1.06 bits per heavy atom. The number of carbonyl (C=O) groups is 2. The van der Waals surface area contributed by atoms with Crippen LogP contribution in [0.1, 0.15) is 61.7 Å². The highest BCUT2D eigenvalue weighted by Gasteiger charge is 2.52. The van der Waals surface area contributed by atoms with Gasteiger partial charge >= 0.3 is 6.61 Å². The van der Waals surface area contributed by atoms with E-state index < -0.39 is 18.6 Å². The molecule has 7 nitrogen and oxygen atoms in total. The number of halogens is 2. The van der Waals surface area contributed by atoms with Gasteiger partial charge in [0.05, 0.1) is 6.61 Å². The molecule has 1 aromatic rings. The first-order valence-electron chi connectivity index (χ1n) is 13.5. The second-order valence-electron chi connectivity index (χ2n) is 11.2. The van der Waals surface area contributed by atoms with Gasteiger partial charge in [0, 0.05) is 24.2 Å². The van der Waals surface area contributed by atoms with E-state index in [2.05, 4.69) is 19.9 Å². The Bertz CT molecular complexity index is 1000. The molecule has 5 atom stereocenters. The molecule has 36 heavy (non-hydrogen) atoms. The quantitative estimate of drug-likeness (QED) is 0.615. The van der Waals surface area contributed by atoms with Gasteiger partial charge in [0.15, 0.2) is 11.5 Å². The Labute approximate surface area is 210 Å². The molecule has 5 fully saturated rings. The summed E-state index contributed by atoms with van der Waals surface area (Å²) in [6, 6.07) is 4.52. The second-order valence-corrected chi connectivity index (χ2v) is 11.2. The van der Waals surface area contributed by atoms with Crippen LogP contribution in [0, 0.1) is 17.8 Å². The lowest BCUT2D eigenvalue weighted by Crippen LogP contribution is -2.69. The number of ether oxygens (including phenoxy) is 2. The standard InChI is InChI=1S/C27H35F2N3O4/c28-27(29)36-22-10-7-17(13-23(22)35-15-16-5-6-16)25(33)30-20-8-9-21-19-4-2-12-31-11-1-3-18(24(19)31)14-32(21)26(20)34/h7,10,13,16,18-21,24,27H,1-6,8-9,11-12,14-15H2,(H,30,33)/t18-,19+,20?,21+,24-/m0/s1. The molecule has 2 amide bonds. The molecule has 1 aromatic carbocycles. The van der Waals surface area contributed by atoms with Crippen molar-refractivity contribution in [3.05, 3.63) is 23.8 Å². The van der Waals surface area contributed by atoms with E-state index in [0.29, 0.717) is 36.8 Å². The molecule has 0 aromatic heterocycles. The van der Waals surface area contributed by atoms with Crippen LogP contribution in [-0.4, -0.2) is 72.6 Å². The predicted molar refractivity (Wildman–Crippen MR) is 128 cm³/mol. The van der Waals surface area contributed by atoms with E-state index in [1.807, 2.05) is 0 Å². The maximum atomic E-state index is 13.6. The van der Waals surface area contributed by atoms with Crippen molar-refractivity contribution in [2.24, 2.45) is 17.8 Å². The van der Waals surface area contributed by atoms with E-state index >= 15 is 0 Å². The molecule has 4 heterocycles. The lowest BCUT2D eigenvalue weighted by atomic mass is 9.67. The van der Waals surface area contributed by atoms with Crippen LogP contribution in [0.5, 0.6) is 11.5 Å². The molecule has 0 bridgehead atoms. The summed E-state index contributed by atoms with van der Waals surface area (Å²) in [6.07, 6.45) is 8.36. The van der Waals surface area contributed by atoms with Crippen LogP contribution in [0.25, 0.3) is 0 Å². The molecule has 4 saturated heterocycles.